The Morgan fingerprint density at radius 1 is 1.39 bits per heavy atom. The zero-order chi connectivity index (χ0) is 13.2. The summed E-state index contributed by atoms with van der Waals surface area (Å²) in [6.45, 7) is 6.57. The third-order valence-electron chi connectivity index (χ3n) is 2.45. The van der Waals surface area contributed by atoms with Crippen LogP contribution in [0.4, 0.5) is 4.39 Å². The Morgan fingerprint density at radius 2 is 2.22 bits per heavy atom. The van der Waals surface area contributed by atoms with Crippen LogP contribution in [0.15, 0.2) is 29.2 Å². The quantitative estimate of drug-likeness (QED) is 0.696. The van der Waals surface area contributed by atoms with Gasteiger partial charge in [0.15, 0.2) is 0 Å². The lowest BCUT2D eigenvalue weighted by atomic mass is 10.3. The Labute approximate surface area is 113 Å². The van der Waals surface area contributed by atoms with Gasteiger partial charge in [-0.25, -0.2) is 4.39 Å². The van der Waals surface area contributed by atoms with Crippen LogP contribution in [0.2, 0.25) is 0 Å². The van der Waals surface area contributed by atoms with E-state index < -0.39 is 0 Å². The first-order valence-corrected chi connectivity index (χ1v) is 7.44. The van der Waals surface area contributed by atoms with Crippen LogP contribution in [0.1, 0.15) is 20.3 Å². The van der Waals surface area contributed by atoms with Crippen LogP contribution in [0.25, 0.3) is 0 Å². The molecule has 0 amide bonds. The van der Waals surface area contributed by atoms with E-state index in [-0.39, 0.29) is 5.82 Å². The highest BCUT2D eigenvalue weighted by molar-refractivity contribution is 7.99. The van der Waals surface area contributed by atoms with Crippen LogP contribution in [0.5, 0.6) is 0 Å². The molecule has 0 spiro atoms. The minimum absolute atomic E-state index is 0.178. The molecule has 102 valence electrons. The van der Waals surface area contributed by atoms with Crippen molar-refractivity contribution in [1.82, 2.24) is 5.32 Å². The first-order valence-electron chi connectivity index (χ1n) is 6.45. The molecule has 0 radical (unpaired) electrons. The summed E-state index contributed by atoms with van der Waals surface area (Å²) < 4.78 is 18.5. The van der Waals surface area contributed by atoms with Crippen molar-refractivity contribution in [3.8, 4) is 0 Å². The predicted molar refractivity (Wildman–Crippen MR) is 75.7 cm³/mol. The summed E-state index contributed by atoms with van der Waals surface area (Å²) in [6, 6.07) is 7.04. The van der Waals surface area contributed by atoms with Gasteiger partial charge < -0.3 is 10.1 Å². The molecule has 1 unspecified atom stereocenters. The number of nitrogens with one attached hydrogen (secondary N) is 1. The maximum absolute atomic E-state index is 13.0. The third-order valence-corrected chi connectivity index (χ3v) is 3.61. The Hall–Kier alpha value is -0.580. The molecule has 0 fully saturated rings. The largest absolute Gasteiger partial charge is 0.380 e. The molecule has 18 heavy (non-hydrogen) atoms. The zero-order valence-electron chi connectivity index (χ0n) is 11.1. The van der Waals surface area contributed by atoms with Gasteiger partial charge in [0.2, 0.25) is 0 Å². The number of halogens is 1. The van der Waals surface area contributed by atoms with E-state index in [0.717, 1.165) is 30.2 Å². The van der Waals surface area contributed by atoms with E-state index in [0.29, 0.717) is 12.6 Å². The summed E-state index contributed by atoms with van der Waals surface area (Å²) in [6.07, 6.45) is 1.10. The SMILES string of the molecule is CCCNC(COCC)CSc1cccc(F)c1. The minimum atomic E-state index is -0.178. The molecule has 1 aromatic rings. The Kier molecular flexibility index (Phi) is 8.05. The van der Waals surface area contributed by atoms with Crippen LogP contribution in [0, 0.1) is 5.82 Å². The Morgan fingerprint density at radius 3 is 2.89 bits per heavy atom. The molecule has 1 aromatic carbocycles. The highest BCUT2D eigenvalue weighted by Gasteiger charge is 2.08. The van der Waals surface area contributed by atoms with Crippen molar-refractivity contribution in [2.75, 3.05) is 25.5 Å². The third kappa shape index (κ3) is 6.38. The van der Waals surface area contributed by atoms with Crippen molar-refractivity contribution in [3.05, 3.63) is 30.1 Å². The van der Waals surface area contributed by atoms with E-state index in [4.69, 9.17) is 4.74 Å². The van der Waals surface area contributed by atoms with Crippen molar-refractivity contribution >= 4 is 11.8 Å². The molecule has 4 heteroatoms. The van der Waals surface area contributed by atoms with Gasteiger partial charge in [0.05, 0.1) is 6.61 Å². The number of hydrogen-bond donors (Lipinski definition) is 1. The lowest BCUT2D eigenvalue weighted by Gasteiger charge is -2.17. The Balaban J connectivity index is 2.39. The second kappa shape index (κ2) is 9.36. The summed E-state index contributed by atoms with van der Waals surface area (Å²) in [7, 11) is 0. The molecule has 0 saturated heterocycles. The fourth-order valence-corrected chi connectivity index (χ4v) is 2.51. The molecule has 0 bridgehead atoms. The molecule has 0 saturated carbocycles. The lowest BCUT2D eigenvalue weighted by Crippen LogP contribution is -2.36. The molecule has 0 heterocycles. The average Bonchev–Trinajstić information content (AvgIpc) is 2.38. The monoisotopic (exact) mass is 271 g/mol. The topological polar surface area (TPSA) is 21.3 Å². The van der Waals surface area contributed by atoms with Gasteiger partial charge >= 0.3 is 0 Å². The molecular formula is C14H22FNOS. The van der Waals surface area contributed by atoms with Crippen LogP contribution >= 0.6 is 11.8 Å². The highest BCUT2D eigenvalue weighted by atomic mass is 32.2. The average molecular weight is 271 g/mol. The van der Waals surface area contributed by atoms with Crippen LogP contribution in [-0.2, 0) is 4.74 Å². The fraction of sp³-hybridized carbons (Fsp3) is 0.571. The van der Waals surface area contributed by atoms with E-state index in [1.54, 1.807) is 23.9 Å². The van der Waals surface area contributed by atoms with Gasteiger partial charge in [-0.15, -0.1) is 11.8 Å². The maximum atomic E-state index is 13.0. The van der Waals surface area contributed by atoms with Gasteiger partial charge in [-0.2, -0.15) is 0 Å². The van der Waals surface area contributed by atoms with Crippen LogP contribution in [-0.4, -0.2) is 31.6 Å². The number of benzene rings is 1. The molecule has 0 aliphatic heterocycles. The summed E-state index contributed by atoms with van der Waals surface area (Å²) in [5.41, 5.74) is 0. The van der Waals surface area contributed by atoms with Crippen LogP contribution in [0.3, 0.4) is 0 Å². The van der Waals surface area contributed by atoms with E-state index in [1.165, 1.54) is 6.07 Å². The second-order valence-corrected chi connectivity index (χ2v) is 5.17. The number of rotatable bonds is 9. The standard InChI is InChI=1S/C14H22FNOS/c1-3-8-16-13(10-17-4-2)11-18-14-7-5-6-12(15)9-14/h5-7,9,13,16H,3-4,8,10-11H2,1-2H3. The molecule has 1 atom stereocenters. The summed E-state index contributed by atoms with van der Waals surface area (Å²) in [4.78, 5) is 0.967. The van der Waals surface area contributed by atoms with E-state index in [2.05, 4.69) is 12.2 Å². The lowest BCUT2D eigenvalue weighted by molar-refractivity contribution is 0.128. The number of hydrogen-bond acceptors (Lipinski definition) is 3. The van der Waals surface area contributed by atoms with Crippen molar-refractivity contribution in [1.29, 1.82) is 0 Å². The van der Waals surface area contributed by atoms with Gasteiger partial charge in [0.1, 0.15) is 5.82 Å². The summed E-state index contributed by atoms with van der Waals surface area (Å²) in [5, 5.41) is 3.45. The first-order chi connectivity index (χ1) is 8.76. The molecule has 1 N–H and O–H groups in total. The van der Waals surface area contributed by atoms with Crippen molar-refractivity contribution in [2.24, 2.45) is 0 Å². The van der Waals surface area contributed by atoms with Crippen molar-refractivity contribution in [3.63, 3.8) is 0 Å². The highest BCUT2D eigenvalue weighted by Crippen LogP contribution is 2.19. The van der Waals surface area contributed by atoms with Crippen LogP contribution < -0.4 is 5.32 Å². The van der Waals surface area contributed by atoms with E-state index in [9.17, 15) is 4.39 Å². The Bertz CT molecular complexity index is 327. The predicted octanol–water partition coefficient (Wildman–Crippen LogP) is 3.32. The van der Waals surface area contributed by atoms with E-state index in [1.807, 2.05) is 13.0 Å². The van der Waals surface area contributed by atoms with Gasteiger partial charge in [0, 0.05) is 23.3 Å². The first kappa shape index (κ1) is 15.5. The fourth-order valence-electron chi connectivity index (χ4n) is 1.53. The second-order valence-electron chi connectivity index (χ2n) is 4.08. The smallest absolute Gasteiger partial charge is 0.124 e. The van der Waals surface area contributed by atoms with Gasteiger partial charge in [0.25, 0.3) is 0 Å². The minimum Gasteiger partial charge on any atom is -0.380 e. The molecular weight excluding hydrogens is 249 g/mol. The normalized spacial score (nSPS) is 12.6. The molecule has 0 aliphatic carbocycles. The molecule has 0 aliphatic rings. The van der Waals surface area contributed by atoms with Crippen molar-refractivity contribution in [2.45, 2.75) is 31.2 Å². The van der Waals surface area contributed by atoms with Gasteiger partial charge in [-0.05, 0) is 38.1 Å². The number of thioether (sulfide) groups is 1. The summed E-state index contributed by atoms with van der Waals surface area (Å²) in [5.74, 6) is 0.714. The van der Waals surface area contributed by atoms with Gasteiger partial charge in [-0.1, -0.05) is 13.0 Å². The zero-order valence-corrected chi connectivity index (χ0v) is 11.9. The summed E-state index contributed by atoms with van der Waals surface area (Å²) >= 11 is 1.66. The van der Waals surface area contributed by atoms with E-state index >= 15 is 0 Å². The molecule has 0 aromatic heterocycles. The van der Waals surface area contributed by atoms with Gasteiger partial charge in [-0.3, -0.25) is 0 Å². The number of ether oxygens (including phenoxy) is 1. The maximum Gasteiger partial charge on any atom is 0.124 e. The molecule has 1 rings (SSSR count). The van der Waals surface area contributed by atoms with Crippen molar-refractivity contribution < 1.29 is 9.13 Å². The molecule has 2 nitrogen and oxygen atoms in total.